The number of hydrogen-bond donors (Lipinski definition) is 3. The Morgan fingerprint density at radius 3 is 2.64 bits per heavy atom. The van der Waals surface area contributed by atoms with Crippen LogP contribution < -0.4 is 11.1 Å². The van der Waals surface area contributed by atoms with E-state index in [0.717, 1.165) is 12.8 Å². The number of hydrogen-bond acceptors (Lipinski definition) is 3. The number of urea groups is 1. The number of aliphatic hydroxyl groups is 1. The summed E-state index contributed by atoms with van der Waals surface area (Å²) in [5.74, 6) is 0. The molecule has 1 aliphatic rings. The Balaban J connectivity index is 2.25. The summed E-state index contributed by atoms with van der Waals surface area (Å²) in [6, 6.07) is 0.187. The molecule has 0 saturated carbocycles. The second-order valence-electron chi connectivity index (χ2n) is 3.85. The Kier molecular flexibility index (Phi) is 4.16. The van der Waals surface area contributed by atoms with E-state index in [1.807, 2.05) is 6.92 Å². The number of carbonyl (C=O) groups excluding carboxylic acids is 1. The quantitative estimate of drug-likeness (QED) is 0.576. The predicted molar refractivity (Wildman–Crippen MR) is 53.9 cm³/mol. The fourth-order valence-electron chi connectivity index (χ4n) is 1.72. The van der Waals surface area contributed by atoms with E-state index in [9.17, 15) is 4.79 Å². The first-order chi connectivity index (χ1) is 6.63. The molecule has 1 unspecified atom stereocenters. The minimum atomic E-state index is -0.335. The number of rotatable bonds is 3. The zero-order valence-electron chi connectivity index (χ0n) is 8.57. The van der Waals surface area contributed by atoms with Crippen LogP contribution in [0.25, 0.3) is 0 Å². The highest BCUT2D eigenvalue weighted by Gasteiger charge is 2.21. The molecule has 1 saturated heterocycles. The van der Waals surface area contributed by atoms with Crippen molar-refractivity contribution in [3.05, 3.63) is 0 Å². The lowest BCUT2D eigenvalue weighted by molar-refractivity contribution is 0.174. The van der Waals surface area contributed by atoms with E-state index >= 15 is 0 Å². The van der Waals surface area contributed by atoms with Gasteiger partial charge in [0, 0.05) is 25.2 Å². The summed E-state index contributed by atoms with van der Waals surface area (Å²) in [6.45, 7) is 3.52. The summed E-state index contributed by atoms with van der Waals surface area (Å²) in [7, 11) is 0. The maximum atomic E-state index is 10.8. The summed E-state index contributed by atoms with van der Waals surface area (Å²) < 4.78 is 0. The lowest BCUT2D eigenvalue weighted by atomic mass is 10.0. The zero-order chi connectivity index (χ0) is 10.6. The lowest BCUT2D eigenvalue weighted by Crippen LogP contribution is -2.49. The van der Waals surface area contributed by atoms with Crippen LogP contribution in [0.3, 0.4) is 0 Å². The first-order valence-electron chi connectivity index (χ1n) is 5.04. The van der Waals surface area contributed by atoms with E-state index in [1.165, 1.54) is 0 Å². The Labute approximate surface area is 84.3 Å². The molecule has 0 aliphatic carbocycles. The summed E-state index contributed by atoms with van der Waals surface area (Å²) >= 11 is 0. The summed E-state index contributed by atoms with van der Waals surface area (Å²) in [5, 5.41) is 12.2. The zero-order valence-corrected chi connectivity index (χ0v) is 8.57. The highest BCUT2D eigenvalue weighted by atomic mass is 16.3. The van der Waals surface area contributed by atoms with Gasteiger partial charge in [0.15, 0.2) is 0 Å². The van der Waals surface area contributed by atoms with E-state index < -0.39 is 0 Å². The number of piperidine rings is 1. The molecular weight excluding hydrogens is 182 g/mol. The van der Waals surface area contributed by atoms with Crippen molar-refractivity contribution in [3.8, 4) is 0 Å². The fraction of sp³-hybridized carbons (Fsp3) is 0.889. The minimum absolute atomic E-state index is 0.125. The van der Waals surface area contributed by atoms with Gasteiger partial charge in [-0.2, -0.15) is 0 Å². The molecule has 5 nitrogen and oxygen atoms in total. The minimum Gasteiger partial charge on any atom is -0.395 e. The van der Waals surface area contributed by atoms with Crippen LogP contribution >= 0.6 is 0 Å². The first kappa shape index (κ1) is 11.3. The lowest BCUT2D eigenvalue weighted by Gasteiger charge is -2.32. The topological polar surface area (TPSA) is 78.6 Å². The van der Waals surface area contributed by atoms with Crippen LogP contribution in [-0.2, 0) is 0 Å². The van der Waals surface area contributed by atoms with Gasteiger partial charge < -0.3 is 21.1 Å². The Morgan fingerprint density at radius 1 is 1.64 bits per heavy atom. The van der Waals surface area contributed by atoms with Gasteiger partial charge in [0.2, 0.25) is 0 Å². The molecule has 0 aromatic heterocycles. The van der Waals surface area contributed by atoms with Crippen molar-refractivity contribution in [2.45, 2.75) is 31.8 Å². The largest absolute Gasteiger partial charge is 0.395 e. The number of carbonyl (C=O) groups is 1. The van der Waals surface area contributed by atoms with Crippen LogP contribution in [0.2, 0.25) is 0 Å². The number of primary amides is 1. The number of nitrogens with one attached hydrogen (secondary N) is 1. The summed E-state index contributed by atoms with van der Waals surface area (Å²) in [4.78, 5) is 12.5. The normalized spacial score (nSPS) is 20.9. The van der Waals surface area contributed by atoms with Gasteiger partial charge in [0.05, 0.1) is 6.61 Å². The SMILES string of the molecule is CC(CO)NC1CCN(C(N)=O)CC1. The standard InChI is InChI=1S/C9H19N3O2/c1-7(6-13)11-8-2-4-12(5-3-8)9(10)14/h7-8,11,13H,2-6H2,1H3,(H2,10,14). The van der Waals surface area contributed by atoms with Gasteiger partial charge in [-0.25, -0.2) is 4.79 Å². The number of likely N-dealkylation sites (tertiary alicyclic amines) is 1. The average Bonchev–Trinajstić information content (AvgIpc) is 2.18. The van der Waals surface area contributed by atoms with Crippen molar-refractivity contribution in [3.63, 3.8) is 0 Å². The highest BCUT2D eigenvalue weighted by molar-refractivity contribution is 5.72. The molecule has 0 radical (unpaired) electrons. The van der Waals surface area contributed by atoms with Gasteiger partial charge in [0.25, 0.3) is 0 Å². The van der Waals surface area contributed by atoms with Gasteiger partial charge in [-0.1, -0.05) is 0 Å². The molecule has 0 spiro atoms. The van der Waals surface area contributed by atoms with E-state index in [2.05, 4.69) is 5.32 Å². The average molecular weight is 201 g/mol. The number of nitrogens with zero attached hydrogens (tertiary/aromatic N) is 1. The van der Waals surface area contributed by atoms with Gasteiger partial charge >= 0.3 is 6.03 Å². The van der Waals surface area contributed by atoms with Crippen LogP contribution in [0.1, 0.15) is 19.8 Å². The Hall–Kier alpha value is -0.810. The molecule has 82 valence electrons. The Morgan fingerprint density at radius 2 is 2.21 bits per heavy atom. The predicted octanol–water partition coefficient (Wildman–Crippen LogP) is -0.500. The number of nitrogens with two attached hydrogens (primary N) is 1. The fourth-order valence-corrected chi connectivity index (χ4v) is 1.72. The third-order valence-corrected chi connectivity index (χ3v) is 2.60. The second kappa shape index (κ2) is 5.17. The van der Waals surface area contributed by atoms with Crippen molar-refractivity contribution in [2.24, 2.45) is 5.73 Å². The highest BCUT2D eigenvalue weighted by Crippen LogP contribution is 2.10. The third-order valence-electron chi connectivity index (χ3n) is 2.60. The van der Waals surface area contributed by atoms with Gasteiger partial charge in [-0.3, -0.25) is 0 Å². The van der Waals surface area contributed by atoms with Gasteiger partial charge in [-0.05, 0) is 19.8 Å². The summed E-state index contributed by atoms with van der Waals surface area (Å²) in [5.41, 5.74) is 5.17. The monoisotopic (exact) mass is 201 g/mol. The molecule has 1 aliphatic heterocycles. The molecule has 4 N–H and O–H groups in total. The van der Waals surface area contributed by atoms with Crippen LogP contribution in [0.15, 0.2) is 0 Å². The van der Waals surface area contributed by atoms with Gasteiger partial charge in [0.1, 0.15) is 0 Å². The molecule has 1 atom stereocenters. The number of amides is 2. The maximum absolute atomic E-state index is 10.8. The molecule has 14 heavy (non-hydrogen) atoms. The number of aliphatic hydroxyl groups excluding tert-OH is 1. The van der Waals surface area contributed by atoms with Gasteiger partial charge in [-0.15, -0.1) is 0 Å². The van der Waals surface area contributed by atoms with Crippen LogP contribution in [0, 0.1) is 0 Å². The van der Waals surface area contributed by atoms with Crippen molar-refractivity contribution in [1.29, 1.82) is 0 Å². The molecule has 0 aromatic rings. The van der Waals surface area contributed by atoms with Crippen molar-refractivity contribution in [1.82, 2.24) is 10.2 Å². The summed E-state index contributed by atoms with van der Waals surface area (Å²) in [6.07, 6.45) is 1.82. The van der Waals surface area contributed by atoms with Crippen molar-refractivity contribution in [2.75, 3.05) is 19.7 Å². The maximum Gasteiger partial charge on any atom is 0.314 e. The molecule has 1 fully saturated rings. The van der Waals surface area contributed by atoms with Crippen molar-refractivity contribution < 1.29 is 9.90 Å². The van der Waals surface area contributed by atoms with E-state index in [-0.39, 0.29) is 18.7 Å². The van der Waals surface area contributed by atoms with Crippen molar-refractivity contribution >= 4 is 6.03 Å². The molecule has 0 aromatic carbocycles. The van der Waals surface area contributed by atoms with E-state index in [1.54, 1.807) is 4.90 Å². The molecule has 1 heterocycles. The molecule has 2 amide bonds. The van der Waals surface area contributed by atoms with Crippen LogP contribution in [0.5, 0.6) is 0 Å². The molecule has 1 rings (SSSR count). The first-order valence-corrected chi connectivity index (χ1v) is 5.04. The molecular formula is C9H19N3O2. The Bertz CT molecular complexity index is 190. The van der Waals surface area contributed by atoms with Crippen LogP contribution in [0.4, 0.5) is 4.79 Å². The smallest absolute Gasteiger partial charge is 0.314 e. The molecule has 0 bridgehead atoms. The van der Waals surface area contributed by atoms with E-state index in [4.69, 9.17) is 10.8 Å². The second-order valence-corrected chi connectivity index (χ2v) is 3.85. The third kappa shape index (κ3) is 3.16. The van der Waals surface area contributed by atoms with Crippen LogP contribution in [-0.4, -0.2) is 47.8 Å². The van der Waals surface area contributed by atoms with E-state index in [0.29, 0.717) is 19.1 Å². The molecule has 5 heteroatoms.